The molecule has 0 radical (unpaired) electrons. The first-order chi connectivity index (χ1) is 11.5. The number of hydrogen-bond donors (Lipinski definition) is 0. The van der Waals surface area contributed by atoms with Gasteiger partial charge in [0.15, 0.2) is 0 Å². The molecule has 0 aromatic heterocycles. The number of hydrazone groups is 1. The maximum absolute atomic E-state index is 11.0. The van der Waals surface area contributed by atoms with Crippen LogP contribution in [-0.2, 0) is 11.3 Å². The molecule has 24 heavy (non-hydrogen) atoms. The lowest BCUT2D eigenvalue weighted by Gasteiger charge is -2.15. The van der Waals surface area contributed by atoms with Crippen LogP contribution >= 0.6 is 15.9 Å². The first kappa shape index (κ1) is 18.1. The third-order valence-corrected chi connectivity index (χ3v) is 4.03. The van der Waals surface area contributed by atoms with Gasteiger partial charge < -0.3 is 0 Å². The lowest BCUT2D eigenvalue weighted by molar-refractivity contribution is -0.104. The molecule has 0 unspecified atom stereocenters. The predicted molar refractivity (Wildman–Crippen MR) is 103 cm³/mol. The predicted octanol–water partition coefficient (Wildman–Crippen LogP) is 4.74. The first-order valence-corrected chi connectivity index (χ1v) is 8.52. The number of carbonyl (C=O) groups excluding carboxylic acids is 1. The molecule has 0 aliphatic carbocycles. The molecular formula is C20H21BrN2O. The molecule has 2 aromatic carbocycles. The van der Waals surface area contributed by atoms with Crippen LogP contribution in [0.1, 0.15) is 23.6 Å². The van der Waals surface area contributed by atoms with Crippen LogP contribution in [0.2, 0.25) is 0 Å². The Morgan fingerprint density at radius 2 is 1.75 bits per heavy atom. The second kappa shape index (κ2) is 8.60. The molecule has 0 aliphatic rings. The highest BCUT2D eigenvalue weighted by atomic mass is 79.9. The Labute approximate surface area is 151 Å². The van der Waals surface area contributed by atoms with Crippen molar-refractivity contribution in [3.05, 3.63) is 81.3 Å². The zero-order chi connectivity index (χ0) is 17.5. The van der Waals surface area contributed by atoms with Crippen molar-refractivity contribution >= 4 is 27.9 Å². The van der Waals surface area contributed by atoms with Gasteiger partial charge in [-0.05, 0) is 43.2 Å². The van der Waals surface area contributed by atoms with Gasteiger partial charge in [-0.1, -0.05) is 57.9 Å². The third-order valence-electron chi connectivity index (χ3n) is 3.50. The van der Waals surface area contributed by atoms with Crippen molar-refractivity contribution in [2.24, 2.45) is 5.10 Å². The summed E-state index contributed by atoms with van der Waals surface area (Å²) in [4.78, 5) is 11.0. The van der Waals surface area contributed by atoms with Crippen LogP contribution in [-0.4, -0.2) is 24.1 Å². The highest BCUT2D eigenvalue weighted by Crippen LogP contribution is 2.14. The average Bonchev–Trinajstić information content (AvgIpc) is 2.57. The largest absolute Gasteiger partial charge is 0.298 e. The Bertz CT molecular complexity index is 746. The molecule has 0 saturated carbocycles. The number of allylic oxidation sites excluding steroid dienone is 2. The summed E-state index contributed by atoms with van der Waals surface area (Å²) in [7, 11) is 1.93. The summed E-state index contributed by atoms with van der Waals surface area (Å²) in [6, 6.07) is 16.3. The van der Waals surface area contributed by atoms with Gasteiger partial charge in [-0.15, -0.1) is 0 Å². The first-order valence-electron chi connectivity index (χ1n) is 7.72. The van der Waals surface area contributed by atoms with Gasteiger partial charge in [0.25, 0.3) is 0 Å². The highest BCUT2D eigenvalue weighted by Gasteiger charge is 2.05. The van der Waals surface area contributed by atoms with Crippen molar-refractivity contribution < 1.29 is 4.79 Å². The molecular weight excluding hydrogens is 364 g/mol. The van der Waals surface area contributed by atoms with Crippen molar-refractivity contribution in [1.29, 1.82) is 0 Å². The minimum absolute atomic E-state index is 0.639. The van der Waals surface area contributed by atoms with E-state index in [0.717, 1.165) is 22.0 Å². The molecule has 0 fully saturated rings. The summed E-state index contributed by atoms with van der Waals surface area (Å²) in [5.41, 5.74) is 4.81. The normalized spacial score (nSPS) is 12.2. The maximum atomic E-state index is 11.0. The van der Waals surface area contributed by atoms with Gasteiger partial charge in [-0.25, -0.2) is 0 Å². The van der Waals surface area contributed by atoms with Gasteiger partial charge in [-0.2, -0.15) is 5.10 Å². The minimum atomic E-state index is 0.639. The molecule has 0 heterocycles. The molecule has 0 saturated heterocycles. The van der Waals surface area contributed by atoms with Crippen molar-refractivity contribution in [3.8, 4) is 0 Å². The number of nitrogens with zero attached hydrogens (tertiary/aromatic N) is 2. The minimum Gasteiger partial charge on any atom is -0.298 e. The Morgan fingerprint density at radius 3 is 2.33 bits per heavy atom. The zero-order valence-corrected chi connectivity index (χ0v) is 15.7. The molecule has 124 valence electrons. The van der Waals surface area contributed by atoms with E-state index in [4.69, 9.17) is 0 Å². The van der Waals surface area contributed by atoms with Crippen LogP contribution < -0.4 is 0 Å². The van der Waals surface area contributed by atoms with E-state index in [9.17, 15) is 4.79 Å². The molecule has 2 aromatic rings. The summed E-state index contributed by atoms with van der Waals surface area (Å²) in [5.74, 6) is 0. The maximum Gasteiger partial charge on any atom is 0.145 e. The van der Waals surface area contributed by atoms with Gasteiger partial charge in [0.05, 0.1) is 12.3 Å². The van der Waals surface area contributed by atoms with E-state index in [1.165, 1.54) is 11.1 Å². The van der Waals surface area contributed by atoms with Crippen molar-refractivity contribution in [2.45, 2.75) is 20.4 Å². The second-order valence-electron chi connectivity index (χ2n) is 5.80. The number of hydrogen-bond acceptors (Lipinski definition) is 3. The van der Waals surface area contributed by atoms with E-state index in [-0.39, 0.29) is 0 Å². The Morgan fingerprint density at radius 1 is 1.12 bits per heavy atom. The van der Waals surface area contributed by atoms with E-state index in [1.54, 1.807) is 6.92 Å². The molecule has 0 aliphatic heterocycles. The highest BCUT2D eigenvalue weighted by molar-refractivity contribution is 9.10. The summed E-state index contributed by atoms with van der Waals surface area (Å²) >= 11 is 3.44. The average molecular weight is 385 g/mol. The van der Waals surface area contributed by atoms with Crippen LogP contribution in [0.4, 0.5) is 0 Å². The van der Waals surface area contributed by atoms with Crippen LogP contribution in [0.3, 0.4) is 0 Å². The fourth-order valence-corrected chi connectivity index (χ4v) is 2.48. The molecule has 4 heteroatoms. The molecule has 0 bridgehead atoms. The zero-order valence-electron chi connectivity index (χ0n) is 14.2. The summed E-state index contributed by atoms with van der Waals surface area (Å²) in [5, 5.41) is 6.57. The van der Waals surface area contributed by atoms with E-state index in [1.807, 2.05) is 42.4 Å². The van der Waals surface area contributed by atoms with E-state index >= 15 is 0 Å². The Hall–Kier alpha value is -2.20. The lowest BCUT2D eigenvalue weighted by Crippen LogP contribution is -2.14. The lowest BCUT2D eigenvalue weighted by atomic mass is 10.1. The van der Waals surface area contributed by atoms with Gasteiger partial charge >= 0.3 is 0 Å². The number of aryl methyl sites for hydroxylation is 1. The second-order valence-corrected chi connectivity index (χ2v) is 6.72. The van der Waals surface area contributed by atoms with Crippen molar-refractivity contribution in [3.63, 3.8) is 0 Å². The molecule has 3 nitrogen and oxygen atoms in total. The monoisotopic (exact) mass is 384 g/mol. The number of carbonyl (C=O) groups is 1. The fourth-order valence-electron chi connectivity index (χ4n) is 2.22. The SMILES string of the molecule is C/C(C=O)=C/C(=NN(C)Cc1ccc(C)cc1)c1ccc(Br)cc1. The van der Waals surface area contributed by atoms with Crippen LogP contribution in [0.5, 0.6) is 0 Å². The quantitative estimate of drug-likeness (QED) is 0.312. The van der Waals surface area contributed by atoms with Crippen LogP contribution in [0.15, 0.2) is 69.8 Å². The van der Waals surface area contributed by atoms with Crippen molar-refractivity contribution in [2.75, 3.05) is 7.05 Å². The van der Waals surface area contributed by atoms with E-state index in [2.05, 4.69) is 52.2 Å². The summed E-state index contributed by atoms with van der Waals surface area (Å²) in [6.45, 7) is 4.56. The molecule has 0 atom stereocenters. The van der Waals surface area contributed by atoms with E-state index < -0.39 is 0 Å². The van der Waals surface area contributed by atoms with Crippen LogP contribution in [0, 0.1) is 6.92 Å². The molecule has 0 amide bonds. The van der Waals surface area contributed by atoms with Gasteiger partial charge in [-0.3, -0.25) is 9.80 Å². The van der Waals surface area contributed by atoms with Gasteiger partial charge in [0, 0.05) is 17.1 Å². The van der Waals surface area contributed by atoms with Crippen LogP contribution in [0.25, 0.3) is 0 Å². The number of rotatable bonds is 6. The number of benzene rings is 2. The summed E-state index contributed by atoms with van der Waals surface area (Å²) in [6.07, 6.45) is 2.65. The van der Waals surface area contributed by atoms with E-state index in [0.29, 0.717) is 12.1 Å². The van der Waals surface area contributed by atoms with Gasteiger partial charge in [0.2, 0.25) is 0 Å². The topological polar surface area (TPSA) is 32.7 Å². The Kier molecular flexibility index (Phi) is 6.50. The summed E-state index contributed by atoms with van der Waals surface area (Å²) < 4.78 is 1.01. The standard InChI is InChI=1S/C20H21BrN2O/c1-15-4-6-17(7-5-15)13-23(3)22-20(12-16(2)14-24)18-8-10-19(21)11-9-18/h4-12,14H,13H2,1-3H3/b16-12-,22-20?. The molecule has 2 rings (SSSR count). The number of halogens is 1. The number of aldehydes is 1. The fraction of sp³-hybridized carbons (Fsp3) is 0.200. The third kappa shape index (κ3) is 5.46. The van der Waals surface area contributed by atoms with Gasteiger partial charge in [0.1, 0.15) is 6.29 Å². The molecule has 0 N–H and O–H groups in total. The van der Waals surface area contributed by atoms with Crippen molar-refractivity contribution in [1.82, 2.24) is 5.01 Å². The molecule has 0 spiro atoms. The smallest absolute Gasteiger partial charge is 0.145 e. The Balaban J connectivity index is 2.27.